The van der Waals surface area contributed by atoms with Crippen LogP contribution in [-0.2, 0) is 9.47 Å². The fourth-order valence-electron chi connectivity index (χ4n) is 3.57. The Morgan fingerprint density at radius 3 is 2.13 bits per heavy atom. The van der Waals surface area contributed by atoms with Crippen molar-refractivity contribution < 1.29 is 23.9 Å². The van der Waals surface area contributed by atoms with Crippen LogP contribution in [0.3, 0.4) is 0 Å². The van der Waals surface area contributed by atoms with E-state index in [1.807, 2.05) is 25.1 Å². The molecule has 0 N–H and O–H groups in total. The first-order valence-corrected chi connectivity index (χ1v) is 10.4. The van der Waals surface area contributed by atoms with Gasteiger partial charge in [0.05, 0.1) is 12.1 Å². The van der Waals surface area contributed by atoms with Crippen LogP contribution in [0.25, 0.3) is 16.5 Å². The number of amides is 2. The van der Waals surface area contributed by atoms with Crippen LogP contribution in [0, 0.1) is 0 Å². The molecule has 2 amide bonds. The molecule has 0 bridgehead atoms. The van der Waals surface area contributed by atoms with Gasteiger partial charge in [-0.3, -0.25) is 4.79 Å². The first kappa shape index (κ1) is 22.6. The monoisotopic (exact) mass is 426 g/mol. The lowest BCUT2D eigenvalue weighted by molar-refractivity contribution is 0.0252. The van der Waals surface area contributed by atoms with E-state index in [0.29, 0.717) is 17.5 Å². The zero-order chi connectivity index (χ0) is 23.1. The molecule has 0 fully saturated rings. The van der Waals surface area contributed by atoms with E-state index in [-0.39, 0.29) is 12.2 Å². The van der Waals surface area contributed by atoms with E-state index in [9.17, 15) is 14.4 Å². The summed E-state index contributed by atoms with van der Waals surface area (Å²) in [4.78, 5) is 40.7. The summed E-state index contributed by atoms with van der Waals surface area (Å²) in [5.41, 5.74) is 0.694. The highest BCUT2D eigenvalue weighted by atomic mass is 16.6. The molecule has 1 aliphatic heterocycles. The Balaban J connectivity index is 2.26. The second-order valence-electron chi connectivity index (χ2n) is 9.54. The molecule has 0 atom stereocenters. The molecule has 166 valence electrons. The number of para-hydroxylation sites is 1. The van der Waals surface area contributed by atoms with E-state index in [1.54, 1.807) is 53.7 Å². The number of rotatable bonds is 1. The lowest BCUT2D eigenvalue weighted by atomic mass is 10.00. The standard InChI is InChI=1S/C24H30N2O5/c1-8-15-13-14-25(21(28)30-23(2,3)4)20(27)19-18(15)16-11-9-10-12-17(16)26(19)22(29)31-24(5,6)7/h9-13H,8,14H2,1-7H3. The average molecular weight is 427 g/mol. The summed E-state index contributed by atoms with van der Waals surface area (Å²) < 4.78 is 12.3. The van der Waals surface area contributed by atoms with Gasteiger partial charge in [0, 0.05) is 10.9 Å². The lowest BCUT2D eigenvalue weighted by Gasteiger charge is -2.25. The molecule has 1 aliphatic rings. The zero-order valence-corrected chi connectivity index (χ0v) is 19.2. The molecule has 0 saturated heterocycles. The minimum atomic E-state index is -0.762. The first-order chi connectivity index (χ1) is 14.3. The molecule has 2 aromatic rings. The normalized spacial score (nSPS) is 14.7. The molecule has 7 nitrogen and oxygen atoms in total. The summed E-state index contributed by atoms with van der Waals surface area (Å²) in [6.07, 6.45) is 1.06. The quantitative estimate of drug-likeness (QED) is 0.592. The third kappa shape index (κ3) is 4.50. The molecule has 0 saturated carbocycles. The molecular weight excluding hydrogens is 396 g/mol. The third-order valence-corrected chi connectivity index (χ3v) is 4.73. The van der Waals surface area contributed by atoms with Crippen molar-refractivity contribution in [3.05, 3.63) is 41.6 Å². The number of benzene rings is 1. The van der Waals surface area contributed by atoms with Crippen LogP contribution in [0.1, 0.15) is 70.9 Å². The molecule has 7 heteroatoms. The molecule has 0 spiro atoms. The Kier molecular flexibility index (Phi) is 5.74. The van der Waals surface area contributed by atoms with Gasteiger partial charge in [0.2, 0.25) is 0 Å². The predicted molar refractivity (Wildman–Crippen MR) is 119 cm³/mol. The number of allylic oxidation sites excluding steroid dienone is 1. The van der Waals surface area contributed by atoms with Crippen LogP contribution in [0.5, 0.6) is 0 Å². The Hall–Kier alpha value is -3.09. The average Bonchev–Trinajstić information content (AvgIpc) is 2.89. The smallest absolute Gasteiger partial charge is 0.419 e. The van der Waals surface area contributed by atoms with Crippen LogP contribution >= 0.6 is 0 Å². The number of hydrogen-bond donors (Lipinski definition) is 0. The van der Waals surface area contributed by atoms with Crippen LogP contribution in [0.4, 0.5) is 9.59 Å². The Morgan fingerprint density at radius 1 is 0.968 bits per heavy atom. The van der Waals surface area contributed by atoms with Crippen LogP contribution in [-0.4, -0.2) is 45.3 Å². The van der Waals surface area contributed by atoms with Crippen molar-refractivity contribution in [3.8, 4) is 0 Å². The lowest BCUT2D eigenvalue weighted by Crippen LogP contribution is -2.42. The van der Waals surface area contributed by atoms with Gasteiger partial charge in [-0.05, 0) is 59.6 Å². The Bertz CT molecular complexity index is 1080. The molecule has 31 heavy (non-hydrogen) atoms. The number of carbonyl (C=O) groups is 3. The predicted octanol–water partition coefficient (Wildman–Crippen LogP) is 5.61. The van der Waals surface area contributed by atoms with Crippen molar-refractivity contribution in [2.45, 2.75) is 66.1 Å². The van der Waals surface area contributed by atoms with E-state index < -0.39 is 29.3 Å². The molecule has 0 radical (unpaired) electrons. The summed E-state index contributed by atoms with van der Waals surface area (Å²) in [6.45, 7) is 12.6. The second-order valence-corrected chi connectivity index (χ2v) is 9.54. The molecule has 1 aromatic carbocycles. The topological polar surface area (TPSA) is 77.8 Å². The van der Waals surface area contributed by atoms with Crippen molar-refractivity contribution in [1.29, 1.82) is 0 Å². The van der Waals surface area contributed by atoms with Gasteiger partial charge in [-0.25, -0.2) is 19.1 Å². The van der Waals surface area contributed by atoms with Crippen LogP contribution in [0.15, 0.2) is 30.3 Å². The summed E-state index contributed by atoms with van der Waals surface area (Å²) in [6, 6.07) is 7.30. The van der Waals surface area contributed by atoms with E-state index in [2.05, 4.69) is 0 Å². The largest absolute Gasteiger partial charge is 0.443 e. The summed E-state index contributed by atoms with van der Waals surface area (Å²) in [5, 5.41) is 0.760. The van der Waals surface area contributed by atoms with Crippen molar-refractivity contribution in [2.24, 2.45) is 0 Å². The molecule has 1 aromatic heterocycles. The Morgan fingerprint density at radius 2 is 1.55 bits per heavy atom. The zero-order valence-electron chi connectivity index (χ0n) is 19.2. The van der Waals surface area contributed by atoms with Gasteiger partial charge in [-0.1, -0.05) is 31.2 Å². The summed E-state index contributed by atoms with van der Waals surface area (Å²) >= 11 is 0. The van der Waals surface area contributed by atoms with Gasteiger partial charge in [-0.15, -0.1) is 0 Å². The van der Waals surface area contributed by atoms with Crippen LogP contribution < -0.4 is 0 Å². The third-order valence-electron chi connectivity index (χ3n) is 4.73. The number of ether oxygens (including phenoxy) is 2. The summed E-state index contributed by atoms with van der Waals surface area (Å²) in [5.74, 6) is -0.592. The molecule has 0 aliphatic carbocycles. The van der Waals surface area contributed by atoms with E-state index in [0.717, 1.165) is 15.9 Å². The number of imide groups is 1. The van der Waals surface area contributed by atoms with Crippen LogP contribution in [0.2, 0.25) is 0 Å². The van der Waals surface area contributed by atoms with Gasteiger partial charge in [0.1, 0.15) is 16.9 Å². The highest BCUT2D eigenvalue weighted by molar-refractivity contribution is 6.14. The molecule has 3 rings (SSSR count). The van der Waals surface area contributed by atoms with Gasteiger partial charge in [-0.2, -0.15) is 0 Å². The molecule has 0 unspecified atom stereocenters. The SMILES string of the molecule is CCC1=CCN(C(=O)OC(C)(C)C)C(=O)c2c1c1ccccc1n2C(=O)OC(C)(C)C. The van der Waals surface area contributed by atoms with Gasteiger partial charge in [0.25, 0.3) is 5.91 Å². The summed E-state index contributed by atoms with van der Waals surface area (Å²) in [7, 11) is 0. The van der Waals surface area contributed by atoms with Gasteiger partial charge >= 0.3 is 12.2 Å². The minimum absolute atomic E-state index is 0.0637. The fourth-order valence-corrected chi connectivity index (χ4v) is 3.57. The van der Waals surface area contributed by atoms with Gasteiger partial charge in [0.15, 0.2) is 0 Å². The number of aromatic nitrogens is 1. The fraction of sp³-hybridized carbons (Fsp3) is 0.458. The maximum atomic E-state index is 13.6. The van der Waals surface area contributed by atoms with Crippen molar-refractivity contribution in [1.82, 2.24) is 9.47 Å². The number of nitrogens with zero attached hydrogens (tertiary/aromatic N) is 2. The minimum Gasteiger partial charge on any atom is -0.443 e. The van der Waals surface area contributed by atoms with E-state index in [4.69, 9.17) is 9.47 Å². The molecule has 2 heterocycles. The van der Waals surface area contributed by atoms with E-state index >= 15 is 0 Å². The van der Waals surface area contributed by atoms with Crippen molar-refractivity contribution >= 4 is 34.6 Å². The van der Waals surface area contributed by atoms with Crippen molar-refractivity contribution in [3.63, 3.8) is 0 Å². The number of carbonyl (C=O) groups excluding carboxylic acids is 3. The maximum Gasteiger partial charge on any atom is 0.419 e. The van der Waals surface area contributed by atoms with Gasteiger partial charge < -0.3 is 9.47 Å². The van der Waals surface area contributed by atoms with E-state index in [1.165, 1.54) is 4.57 Å². The first-order valence-electron chi connectivity index (χ1n) is 10.4. The Labute approximate surface area is 182 Å². The second kappa shape index (κ2) is 7.87. The van der Waals surface area contributed by atoms with Crippen molar-refractivity contribution in [2.75, 3.05) is 6.54 Å². The number of fused-ring (bicyclic) bond motifs is 3. The number of hydrogen-bond acceptors (Lipinski definition) is 5. The highest BCUT2D eigenvalue weighted by Gasteiger charge is 2.37. The maximum absolute atomic E-state index is 13.6. The molecular formula is C24H30N2O5. The highest BCUT2D eigenvalue weighted by Crippen LogP contribution is 2.36.